The van der Waals surface area contributed by atoms with Crippen molar-refractivity contribution in [2.75, 3.05) is 17.3 Å². The van der Waals surface area contributed by atoms with Crippen molar-refractivity contribution in [3.8, 4) is 28.1 Å². The van der Waals surface area contributed by atoms with Gasteiger partial charge in [0, 0.05) is 34.9 Å². The molecule has 202 valence electrons. The molecule has 0 bridgehead atoms. The van der Waals surface area contributed by atoms with E-state index >= 15 is 0 Å². The lowest BCUT2D eigenvalue weighted by atomic mass is 10.0. The molecule has 3 N–H and O–H groups in total. The number of phenolic OH excluding ortho intramolecular Hbond substituents is 1. The summed E-state index contributed by atoms with van der Waals surface area (Å²) in [6.07, 6.45) is 1.86. The minimum atomic E-state index is 0.198. The first-order valence-electron chi connectivity index (χ1n) is 13.4. The Morgan fingerprint density at radius 3 is 2.41 bits per heavy atom. The summed E-state index contributed by atoms with van der Waals surface area (Å²) in [5, 5.41) is 23.1. The van der Waals surface area contributed by atoms with Gasteiger partial charge in [0.1, 0.15) is 11.6 Å². The second-order valence-electron chi connectivity index (χ2n) is 9.69. The molecule has 0 aliphatic carbocycles. The van der Waals surface area contributed by atoms with Crippen LogP contribution in [-0.2, 0) is 6.54 Å². The summed E-state index contributed by atoms with van der Waals surface area (Å²) in [4.78, 5) is 4.84. The number of nitrogens with one attached hydrogen (secondary N) is 2. The van der Waals surface area contributed by atoms with Crippen LogP contribution in [0.25, 0.3) is 33.7 Å². The molecule has 0 amide bonds. The van der Waals surface area contributed by atoms with Crippen LogP contribution in [0.2, 0.25) is 0 Å². The molecule has 2 aromatic heterocycles. The number of aromatic hydroxyl groups is 1. The molecule has 1 atom stereocenters. The second-order valence-corrected chi connectivity index (χ2v) is 10.7. The summed E-state index contributed by atoms with van der Waals surface area (Å²) >= 11 is 0. The molecule has 41 heavy (non-hydrogen) atoms. The van der Waals surface area contributed by atoms with Crippen LogP contribution >= 0.6 is 8.58 Å². The first-order chi connectivity index (χ1) is 20.1. The second kappa shape index (κ2) is 11.7. The molecule has 6 aromatic rings. The fourth-order valence-corrected chi connectivity index (χ4v) is 5.36. The van der Waals surface area contributed by atoms with E-state index in [4.69, 9.17) is 4.98 Å². The quantitative estimate of drug-likeness (QED) is 0.162. The standard InChI is InChI=1S/C34H30N5OP/c1-23(25-15-17-27(18-16-25)26-10-4-3-5-11-26)37-28-12-8-9-24(19-28)21-35-33-20-30(29-13-6-7-14-31(29)40)38-34-32(41-2)22-36-39(33)34/h3-20,22,35,37,40-41H,1,21H2,2H3. The maximum Gasteiger partial charge on any atom is 0.165 e. The van der Waals surface area contributed by atoms with Crippen molar-refractivity contribution < 1.29 is 5.11 Å². The Morgan fingerprint density at radius 1 is 0.878 bits per heavy atom. The van der Waals surface area contributed by atoms with Crippen molar-refractivity contribution >= 4 is 36.7 Å². The van der Waals surface area contributed by atoms with Crippen LogP contribution in [0.3, 0.4) is 0 Å². The van der Waals surface area contributed by atoms with Crippen LogP contribution in [0.5, 0.6) is 5.75 Å². The van der Waals surface area contributed by atoms with Crippen molar-refractivity contribution in [1.29, 1.82) is 0 Å². The Balaban J connectivity index is 1.20. The lowest BCUT2D eigenvalue weighted by molar-refractivity contribution is 0.477. The molecule has 0 aliphatic heterocycles. The van der Waals surface area contributed by atoms with E-state index in [1.54, 1.807) is 6.07 Å². The molecule has 6 nitrogen and oxygen atoms in total. The number of aromatic nitrogens is 3. The number of hydrogen-bond acceptors (Lipinski definition) is 5. The minimum absolute atomic E-state index is 0.198. The van der Waals surface area contributed by atoms with E-state index in [9.17, 15) is 5.11 Å². The zero-order valence-corrected chi connectivity index (χ0v) is 23.7. The van der Waals surface area contributed by atoms with Gasteiger partial charge in [0.05, 0.1) is 11.9 Å². The van der Waals surface area contributed by atoms with E-state index in [1.807, 2.05) is 65.3 Å². The molecule has 6 rings (SSSR count). The van der Waals surface area contributed by atoms with Crippen molar-refractivity contribution in [2.45, 2.75) is 6.54 Å². The number of hydrogen-bond donors (Lipinski definition) is 3. The predicted molar refractivity (Wildman–Crippen MR) is 172 cm³/mol. The fraction of sp³-hybridized carbons (Fsp3) is 0.0588. The monoisotopic (exact) mass is 555 g/mol. The van der Waals surface area contributed by atoms with Crippen LogP contribution in [0.15, 0.2) is 122 Å². The largest absolute Gasteiger partial charge is 0.507 e. The molecule has 0 saturated heterocycles. The summed E-state index contributed by atoms with van der Waals surface area (Å²) in [5.41, 5.74) is 8.48. The van der Waals surface area contributed by atoms with E-state index in [1.165, 1.54) is 11.1 Å². The molecule has 0 saturated carbocycles. The Kier molecular flexibility index (Phi) is 7.48. The zero-order valence-electron chi connectivity index (χ0n) is 22.7. The van der Waals surface area contributed by atoms with E-state index in [2.05, 4.69) is 77.5 Å². The summed E-state index contributed by atoms with van der Waals surface area (Å²) < 4.78 is 1.83. The van der Waals surface area contributed by atoms with Gasteiger partial charge in [0.15, 0.2) is 5.65 Å². The van der Waals surface area contributed by atoms with Crippen LogP contribution in [0, 0.1) is 0 Å². The maximum atomic E-state index is 10.5. The molecule has 0 aliphatic rings. The molecule has 0 spiro atoms. The van der Waals surface area contributed by atoms with Gasteiger partial charge in [-0.3, -0.25) is 0 Å². The number of anilines is 2. The highest BCUT2D eigenvalue weighted by molar-refractivity contribution is 7.46. The van der Waals surface area contributed by atoms with Crippen LogP contribution in [0.1, 0.15) is 11.1 Å². The van der Waals surface area contributed by atoms with Gasteiger partial charge >= 0.3 is 0 Å². The highest BCUT2D eigenvalue weighted by Gasteiger charge is 2.14. The Labute approximate surface area is 241 Å². The molecule has 0 radical (unpaired) electrons. The van der Waals surface area contributed by atoms with Crippen molar-refractivity contribution in [3.05, 3.63) is 133 Å². The van der Waals surface area contributed by atoms with E-state index in [-0.39, 0.29) is 5.75 Å². The molecular weight excluding hydrogens is 525 g/mol. The molecular formula is C34H30N5OP. The molecule has 1 unspecified atom stereocenters. The average molecular weight is 556 g/mol. The third kappa shape index (κ3) is 5.69. The summed E-state index contributed by atoms with van der Waals surface area (Å²) in [6.45, 7) is 6.96. The average Bonchev–Trinajstić information content (AvgIpc) is 3.44. The van der Waals surface area contributed by atoms with E-state index < -0.39 is 0 Å². The number of fused-ring (bicyclic) bond motifs is 1. The first kappa shape index (κ1) is 26.3. The Hall–Kier alpha value is -4.93. The topological polar surface area (TPSA) is 74.5 Å². The van der Waals surface area contributed by atoms with Gasteiger partial charge in [0.2, 0.25) is 0 Å². The lowest BCUT2D eigenvalue weighted by Crippen LogP contribution is -2.08. The van der Waals surface area contributed by atoms with Crippen molar-refractivity contribution in [1.82, 2.24) is 14.6 Å². The van der Waals surface area contributed by atoms with Crippen molar-refractivity contribution in [2.24, 2.45) is 0 Å². The highest BCUT2D eigenvalue weighted by atomic mass is 31.1. The third-order valence-corrected chi connectivity index (χ3v) is 7.85. The van der Waals surface area contributed by atoms with Gasteiger partial charge in [-0.2, -0.15) is 9.61 Å². The molecule has 7 heteroatoms. The van der Waals surface area contributed by atoms with Crippen LogP contribution in [-0.4, -0.2) is 26.4 Å². The summed E-state index contributed by atoms with van der Waals surface area (Å²) in [7, 11) is 0.553. The Morgan fingerprint density at radius 2 is 1.63 bits per heavy atom. The minimum Gasteiger partial charge on any atom is -0.507 e. The SMILES string of the molecule is C=C(Nc1cccc(CNc2cc(-c3ccccc3O)nc3c(PC)cnn23)c1)c1ccc(-c2ccccc2)cc1. The number of phenols is 1. The van der Waals surface area contributed by atoms with Gasteiger partial charge in [-0.25, -0.2) is 4.98 Å². The van der Waals surface area contributed by atoms with E-state index in [0.29, 0.717) is 26.4 Å². The first-order valence-corrected chi connectivity index (χ1v) is 14.9. The molecule has 2 heterocycles. The van der Waals surface area contributed by atoms with Gasteiger partial charge in [0.25, 0.3) is 0 Å². The number of rotatable bonds is 9. The number of nitrogens with zero attached hydrogens (tertiary/aromatic N) is 3. The van der Waals surface area contributed by atoms with Crippen molar-refractivity contribution in [3.63, 3.8) is 0 Å². The zero-order chi connectivity index (χ0) is 28.2. The normalized spacial score (nSPS) is 11.2. The third-order valence-electron chi connectivity index (χ3n) is 6.96. The summed E-state index contributed by atoms with van der Waals surface area (Å²) in [5.74, 6) is 1.00. The summed E-state index contributed by atoms with van der Waals surface area (Å²) in [6, 6.07) is 36.2. The van der Waals surface area contributed by atoms with Gasteiger partial charge in [-0.15, -0.1) is 0 Å². The number of benzene rings is 4. The van der Waals surface area contributed by atoms with Crippen LogP contribution in [0.4, 0.5) is 11.5 Å². The lowest BCUT2D eigenvalue weighted by Gasteiger charge is -2.14. The smallest absolute Gasteiger partial charge is 0.165 e. The van der Waals surface area contributed by atoms with E-state index in [0.717, 1.165) is 39.3 Å². The van der Waals surface area contributed by atoms with Crippen LogP contribution < -0.4 is 15.9 Å². The number of para-hydroxylation sites is 1. The molecule has 4 aromatic carbocycles. The fourth-order valence-electron chi connectivity index (χ4n) is 4.79. The van der Waals surface area contributed by atoms with Gasteiger partial charge in [-0.05, 0) is 53.2 Å². The van der Waals surface area contributed by atoms with Gasteiger partial charge < -0.3 is 15.7 Å². The predicted octanol–water partition coefficient (Wildman–Crippen LogP) is 7.40. The van der Waals surface area contributed by atoms with Gasteiger partial charge in [-0.1, -0.05) is 94.0 Å². The molecule has 0 fully saturated rings. The Bertz CT molecular complexity index is 1830. The maximum absolute atomic E-state index is 10.5. The highest BCUT2D eigenvalue weighted by Crippen LogP contribution is 2.30.